The van der Waals surface area contributed by atoms with Crippen molar-refractivity contribution in [3.05, 3.63) is 48.5 Å². The van der Waals surface area contributed by atoms with Crippen molar-refractivity contribution in [2.45, 2.75) is 38.8 Å². The molecule has 1 unspecified atom stereocenters. The number of urea groups is 1. The van der Waals surface area contributed by atoms with Crippen LogP contribution in [0.25, 0.3) is 16.6 Å². The molecule has 3 aromatic heterocycles. The Kier molecular flexibility index (Phi) is 4.28. The van der Waals surface area contributed by atoms with Crippen molar-refractivity contribution < 1.29 is 4.79 Å². The van der Waals surface area contributed by atoms with Gasteiger partial charge in [0.15, 0.2) is 0 Å². The second-order valence-corrected chi connectivity index (χ2v) is 6.91. The van der Waals surface area contributed by atoms with Crippen LogP contribution in [-0.4, -0.2) is 43.3 Å². The quantitative estimate of drug-likeness (QED) is 0.788. The van der Waals surface area contributed by atoms with Gasteiger partial charge in [-0.05, 0) is 50.5 Å². The second kappa shape index (κ2) is 6.74. The van der Waals surface area contributed by atoms with Crippen LogP contribution in [-0.2, 0) is 0 Å². The molecular weight excluding hydrogens is 328 g/mol. The first kappa shape index (κ1) is 16.5. The molecule has 0 radical (unpaired) electrons. The van der Waals surface area contributed by atoms with Gasteiger partial charge >= 0.3 is 6.03 Å². The van der Waals surface area contributed by atoms with Crippen LogP contribution < -0.4 is 5.32 Å². The highest BCUT2D eigenvalue weighted by Gasteiger charge is 2.33. The summed E-state index contributed by atoms with van der Waals surface area (Å²) in [7, 11) is 0. The Morgan fingerprint density at radius 3 is 2.77 bits per heavy atom. The molecule has 4 heterocycles. The standard InChI is InChI=1S/C19H22N6O/c1-13(2)21-19(26)24-11-3-4-16(24)18-17-6-5-15(12-25(17)23-22-18)14-7-9-20-10-8-14/h5-10,12-13,16H,3-4,11H2,1-2H3,(H,21,26). The zero-order valence-electron chi connectivity index (χ0n) is 15.0. The minimum Gasteiger partial charge on any atom is -0.336 e. The number of amides is 2. The first-order valence-corrected chi connectivity index (χ1v) is 8.96. The summed E-state index contributed by atoms with van der Waals surface area (Å²) in [4.78, 5) is 18.4. The molecule has 1 aliphatic heterocycles. The van der Waals surface area contributed by atoms with E-state index in [1.54, 1.807) is 16.9 Å². The number of rotatable bonds is 3. The third-order valence-corrected chi connectivity index (χ3v) is 4.70. The van der Waals surface area contributed by atoms with E-state index in [0.29, 0.717) is 0 Å². The molecule has 1 atom stereocenters. The maximum atomic E-state index is 12.5. The number of hydrogen-bond donors (Lipinski definition) is 1. The van der Waals surface area contributed by atoms with Gasteiger partial charge in [0.25, 0.3) is 0 Å². The molecule has 0 saturated carbocycles. The van der Waals surface area contributed by atoms with E-state index in [-0.39, 0.29) is 18.1 Å². The fourth-order valence-electron chi connectivity index (χ4n) is 3.49. The highest BCUT2D eigenvalue weighted by Crippen LogP contribution is 2.33. The number of nitrogens with one attached hydrogen (secondary N) is 1. The normalized spacial score (nSPS) is 17.2. The summed E-state index contributed by atoms with van der Waals surface area (Å²) in [6, 6.07) is 8.08. The number of aromatic nitrogens is 4. The molecule has 2 amide bonds. The van der Waals surface area contributed by atoms with Crippen molar-refractivity contribution in [1.29, 1.82) is 0 Å². The minimum atomic E-state index is -0.0305. The molecule has 4 rings (SSSR count). The third kappa shape index (κ3) is 3.00. The van der Waals surface area contributed by atoms with Crippen LogP contribution in [0.2, 0.25) is 0 Å². The van der Waals surface area contributed by atoms with Crippen LogP contribution in [0.4, 0.5) is 4.79 Å². The highest BCUT2D eigenvalue weighted by molar-refractivity contribution is 5.76. The van der Waals surface area contributed by atoms with Gasteiger partial charge in [-0.15, -0.1) is 5.10 Å². The maximum absolute atomic E-state index is 12.5. The predicted octanol–water partition coefficient (Wildman–Crippen LogP) is 3.05. The first-order valence-electron chi connectivity index (χ1n) is 8.96. The average molecular weight is 350 g/mol. The number of carbonyl (C=O) groups is 1. The molecule has 0 bridgehead atoms. The Morgan fingerprint density at radius 2 is 2.00 bits per heavy atom. The first-order chi connectivity index (χ1) is 12.6. The molecule has 7 heteroatoms. The number of hydrogen-bond acceptors (Lipinski definition) is 4. The largest absolute Gasteiger partial charge is 0.336 e. The Balaban J connectivity index is 1.66. The molecule has 26 heavy (non-hydrogen) atoms. The van der Waals surface area contributed by atoms with Gasteiger partial charge in [0.1, 0.15) is 5.69 Å². The van der Waals surface area contributed by atoms with Crippen molar-refractivity contribution in [3.8, 4) is 11.1 Å². The lowest BCUT2D eigenvalue weighted by molar-refractivity contribution is 0.190. The van der Waals surface area contributed by atoms with Crippen molar-refractivity contribution >= 4 is 11.5 Å². The van der Waals surface area contributed by atoms with Crippen LogP contribution in [0.15, 0.2) is 42.9 Å². The Morgan fingerprint density at radius 1 is 1.19 bits per heavy atom. The smallest absolute Gasteiger partial charge is 0.318 e. The van der Waals surface area contributed by atoms with E-state index >= 15 is 0 Å². The van der Waals surface area contributed by atoms with E-state index in [1.165, 1.54) is 0 Å². The van der Waals surface area contributed by atoms with E-state index in [0.717, 1.165) is 41.7 Å². The fourth-order valence-corrected chi connectivity index (χ4v) is 3.49. The molecule has 1 fully saturated rings. The summed E-state index contributed by atoms with van der Waals surface area (Å²) in [5, 5.41) is 11.7. The second-order valence-electron chi connectivity index (χ2n) is 6.91. The number of carbonyl (C=O) groups excluding carboxylic acids is 1. The Bertz CT molecular complexity index is 920. The van der Waals surface area contributed by atoms with E-state index in [4.69, 9.17) is 0 Å². The zero-order valence-corrected chi connectivity index (χ0v) is 15.0. The molecule has 134 valence electrons. The molecule has 3 aromatic rings. The fraction of sp³-hybridized carbons (Fsp3) is 0.368. The molecular formula is C19H22N6O. The van der Waals surface area contributed by atoms with E-state index in [9.17, 15) is 4.79 Å². The zero-order chi connectivity index (χ0) is 18.1. The summed E-state index contributed by atoms with van der Waals surface area (Å²) < 4.78 is 1.79. The molecule has 0 spiro atoms. The average Bonchev–Trinajstić information content (AvgIpc) is 3.27. The molecule has 1 saturated heterocycles. The molecule has 0 aromatic carbocycles. The van der Waals surface area contributed by atoms with Crippen LogP contribution in [0.3, 0.4) is 0 Å². The summed E-state index contributed by atoms with van der Waals surface area (Å²) in [6.07, 6.45) is 7.40. The summed E-state index contributed by atoms with van der Waals surface area (Å²) in [5.41, 5.74) is 3.94. The number of likely N-dealkylation sites (tertiary alicyclic amines) is 1. The van der Waals surface area contributed by atoms with Gasteiger partial charge in [-0.2, -0.15) is 0 Å². The molecule has 7 nitrogen and oxygen atoms in total. The van der Waals surface area contributed by atoms with Gasteiger partial charge < -0.3 is 10.2 Å². The Labute approximate surface area is 152 Å². The summed E-state index contributed by atoms with van der Waals surface area (Å²) in [5.74, 6) is 0. The van der Waals surface area contributed by atoms with Gasteiger partial charge in [0.05, 0.1) is 11.6 Å². The van der Waals surface area contributed by atoms with E-state index < -0.39 is 0 Å². The van der Waals surface area contributed by atoms with Crippen LogP contribution in [0, 0.1) is 0 Å². The molecule has 1 N–H and O–H groups in total. The number of pyridine rings is 2. The molecule has 0 aliphatic carbocycles. The van der Waals surface area contributed by atoms with Gasteiger partial charge in [0.2, 0.25) is 0 Å². The number of nitrogens with zero attached hydrogens (tertiary/aromatic N) is 5. The van der Waals surface area contributed by atoms with Crippen molar-refractivity contribution in [1.82, 2.24) is 30.0 Å². The van der Waals surface area contributed by atoms with Crippen molar-refractivity contribution in [3.63, 3.8) is 0 Å². The molecule has 1 aliphatic rings. The monoisotopic (exact) mass is 350 g/mol. The summed E-state index contributed by atoms with van der Waals surface area (Å²) in [6.45, 7) is 4.69. The number of fused-ring (bicyclic) bond motifs is 1. The maximum Gasteiger partial charge on any atom is 0.318 e. The topological polar surface area (TPSA) is 75.4 Å². The van der Waals surface area contributed by atoms with Crippen LogP contribution in [0.5, 0.6) is 0 Å². The van der Waals surface area contributed by atoms with Gasteiger partial charge in [-0.3, -0.25) is 4.98 Å². The van der Waals surface area contributed by atoms with Crippen molar-refractivity contribution in [2.24, 2.45) is 0 Å². The van der Waals surface area contributed by atoms with E-state index in [2.05, 4.69) is 26.7 Å². The van der Waals surface area contributed by atoms with Crippen molar-refractivity contribution in [2.75, 3.05) is 6.54 Å². The lowest BCUT2D eigenvalue weighted by atomic mass is 10.1. The summed E-state index contributed by atoms with van der Waals surface area (Å²) >= 11 is 0. The van der Waals surface area contributed by atoms with E-state index in [1.807, 2.05) is 43.1 Å². The SMILES string of the molecule is CC(C)NC(=O)N1CCCC1c1nnn2cc(-c3ccncc3)ccc12. The Hall–Kier alpha value is -2.96. The third-order valence-electron chi connectivity index (χ3n) is 4.70. The van der Waals surface area contributed by atoms with Crippen LogP contribution in [0.1, 0.15) is 38.4 Å². The lowest BCUT2D eigenvalue weighted by Gasteiger charge is -2.24. The minimum absolute atomic E-state index is 0.0296. The van der Waals surface area contributed by atoms with Crippen LogP contribution >= 0.6 is 0 Å². The lowest BCUT2D eigenvalue weighted by Crippen LogP contribution is -2.42. The van der Waals surface area contributed by atoms with Gasteiger partial charge in [-0.1, -0.05) is 11.3 Å². The van der Waals surface area contributed by atoms with Gasteiger partial charge in [0, 0.05) is 36.7 Å². The highest BCUT2D eigenvalue weighted by atomic mass is 16.2. The predicted molar refractivity (Wildman–Crippen MR) is 98.6 cm³/mol. The van der Waals surface area contributed by atoms with Gasteiger partial charge in [-0.25, -0.2) is 9.31 Å².